The summed E-state index contributed by atoms with van der Waals surface area (Å²) in [6, 6.07) is 36.4. The second-order valence-electron chi connectivity index (χ2n) is 8.51. The molecular weight excluding hydrogens is 456 g/mol. The van der Waals surface area contributed by atoms with Gasteiger partial charge in [0.15, 0.2) is 0 Å². The first kappa shape index (κ1) is 24.6. The molecule has 0 aliphatic heterocycles. The fourth-order valence-electron chi connectivity index (χ4n) is 4.66. The molecule has 0 radical (unpaired) electrons. The highest BCUT2D eigenvalue weighted by Gasteiger charge is 2.26. The molecule has 35 heavy (non-hydrogen) atoms. The van der Waals surface area contributed by atoms with Crippen molar-refractivity contribution in [3.63, 3.8) is 0 Å². The Kier molecular flexibility index (Phi) is 8.58. The molecule has 0 heterocycles. The number of hydrogen-bond donors (Lipinski definition) is 1. The second kappa shape index (κ2) is 12.2. The highest BCUT2D eigenvalue weighted by molar-refractivity contribution is 6.17. The molecule has 0 spiro atoms. The molecule has 0 amide bonds. The number of aromatic carboxylic acids is 1. The van der Waals surface area contributed by atoms with Crippen LogP contribution in [0.2, 0.25) is 0 Å². The summed E-state index contributed by atoms with van der Waals surface area (Å²) in [4.78, 5) is 11.4. The first-order chi connectivity index (χ1) is 17.2. The SMILES string of the molecule is O=C(O)c1ccccc1CCOc1ccc(C(c2ccccc2)C(CCCl)c2ccccc2)cc1. The van der Waals surface area contributed by atoms with Crippen molar-refractivity contribution in [3.05, 3.63) is 137 Å². The molecule has 0 saturated carbocycles. The van der Waals surface area contributed by atoms with Crippen LogP contribution in [0.5, 0.6) is 5.75 Å². The Morgan fingerprint density at radius 3 is 1.94 bits per heavy atom. The third-order valence-electron chi connectivity index (χ3n) is 6.34. The van der Waals surface area contributed by atoms with E-state index in [1.165, 1.54) is 16.7 Å². The van der Waals surface area contributed by atoms with Crippen LogP contribution in [-0.2, 0) is 6.42 Å². The lowest BCUT2D eigenvalue weighted by atomic mass is 9.76. The van der Waals surface area contributed by atoms with E-state index >= 15 is 0 Å². The summed E-state index contributed by atoms with van der Waals surface area (Å²) in [5.74, 6) is 0.843. The lowest BCUT2D eigenvalue weighted by molar-refractivity contribution is 0.0695. The molecule has 0 aliphatic rings. The smallest absolute Gasteiger partial charge is 0.335 e. The van der Waals surface area contributed by atoms with Gasteiger partial charge in [0.05, 0.1) is 12.2 Å². The van der Waals surface area contributed by atoms with E-state index in [0.717, 1.165) is 17.7 Å². The van der Waals surface area contributed by atoms with Crippen LogP contribution in [0.25, 0.3) is 0 Å². The van der Waals surface area contributed by atoms with Crippen LogP contribution >= 0.6 is 11.6 Å². The van der Waals surface area contributed by atoms with Gasteiger partial charge < -0.3 is 9.84 Å². The zero-order chi connectivity index (χ0) is 24.5. The van der Waals surface area contributed by atoms with Gasteiger partial charge in [-0.15, -0.1) is 11.6 Å². The number of ether oxygens (including phenoxy) is 1. The van der Waals surface area contributed by atoms with Crippen molar-refractivity contribution in [2.24, 2.45) is 0 Å². The van der Waals surface area contributed by atoms with Crippen molar-refractivity contribution < 1.29 is 14.6 Å². The summed E-state index contributed by atoms with van der Waals surface area (Å²) in [6.07, 6.45) is 1.40. The lowest BCUT2D eigenvalue weighted by Gasteiger charge is -2.28. The van der Waals surface area contributed by atoms with E-state index in [1.54, 1.807) is 12.1 Å². The van der Waals surface area contributed by atoms with Crippen molar-refractivity contribution in [1.29, 1.82) is 0 Å². The third kappa shape index (κ3) is 6.32. The van der Waals surface area contributed by atoms with Crippen molar-refractivity contribution >= 4 is 17.6 Å². The highest BCUT2D eigenvalue weighted by atomic mass is 35.5. The summed E-state index contributed by atoms with van der Waals surface area (Å²) >= 11 is 6.27. The number of benzene rings is 4. The highest BCUT2D eigenvalue weighted by Crippen LogP contribution is 2.41. The van der Waals surface area contributed by atoms with Crippen LogP contribution in [-0.4, -0.2) is 23.6 Å². The molecule has 2 unspecified atom stereocenters. The molecule has 0 aromatic heterocycles. The minimum atomic E-state index is -0.915. The van der Waals surface area contributed by atoms with Gasteiger partial charge in [-0.1, -0.05) is 91.0 Å². The fourth-order valence-corrected chi connectivity index (χ4v) is 4.89. The molecule has 4 aromatic rings. The largest absolute Gasteiger partial charge is 0.493 e. The van der Waals surface area contributed by atoms with Gasteiger partial charge in [-0.3, -0.25) is 0 Å². The maximum atomic E-state index is 11.4. The molecule has 4 rings (SSSR count). The van der Waals surface area contributed by atoms with E-state index in [1.807, 2.05) is 36.4 Å². The summed E-state index contributed by atoms with van der Waals surface area (Å²) in [5, 5.41) is 9.37. The van der Waals surface area contributed by atoms with Gasteiger partial charge in [-0.25, -0.2) is 4.79 Å². The summed E-state index contributed by atoms with van der Waals surface area (Å²) in [6.45, 7) is 0.407. The Balaban J connectivity index is 1.54. The van der Waals surface area contributed by atoms with E-state index < -0.39 is 5.97 Å². The average Bonchev–Trinajstić information content (AvgIpc) is 2.90. The molecule has 0 bridgehead atoms. The van der Waals surface area contributed by atoms with Gasteiger partial charge in [0, 0.05) is 18.2 Å². The van der Waals surface area contributed by atoms with Crippen molar-refractivity contribution in [3.8, 4) is 5.75 Å². The molecule has 0 aliphatic carbocycles. The predicted octanol–water partition coefficient (Wildman–Crippen LogP) is 7.55. The maximum absolute atomic E-state index is 11.4. The Labute approximate surface area is 212 Å². The Hall–Kier alpha value is -3.56. The standard InChI is InChI=1S/C31H29ClO3/c32-21-19-28(23-9-3-1-4-10-23)30(25-12-5-2-6-13-25)26-15-17-27(18-16-26)35-22-20-24-11-7-8-14-29(24)31(33)34/h1-18,28,30H,19-22H2,(H,33,34). The molecular formula is C31H29ClO3. The van der Waals surface area contributed by atoms with Gasteiger partial charge in [0.25, 0.3) is 0 Å². The van der Waals surface area contributed by atoms with E-state index in [4.69, 9.17) is 16.3 Å². The van der Waals surface area contributed by atoms with Crippen LogP contribution in [0.4, 0.5) is 0 Å². The van der Waals surface area contributed by atoms with Crippen LogP contribution in [0.3, 0.4) is 0 Å². The monoisotopic (exact) mass is 484 g/mol. The normalized spacial score (nSPS) is 12.6. The Morgan fingerprint density at radius 2 is 1.31 bits per heavy atom. The maximum Gasteiger partial charge on any atom is 0.335 e. The van der Waals surface area contributed by atoms with Gasteiger partial charge in [0.1, 0.15) is 5.75 Å². The number of hydrogen-bond acceptors (Lipinski definition) is 2. The number of alkyl halides is 1. The van der Waals surface area contributed by atoms with Gasteiger partial charge in [-0.05, 0) is 52.8 Å². The van der Waals surface area contributed by atoms with Crippen molar-refractivity contribution in [2.75, 3.05) is 12.5 Å². The zero-order valence-electron chi connectivity index (χ0n) is 19.5. The van der Waals surface area contributed by atoms with E-state index in [0.29, 0.717) is 24.5 Å². The van der Waals surface area contributed by atoms with Gasteiger partial charge in [-0.2, -0.15) is 0 Å². The first-order valence-electron chi connectivity index (χ1n) is 11.9. The Bertz CT molecular complexity index is 1210. The van der Waals surface area contributed by atoms with E-state index in [2.05, 4.69) is 60.7 Å². The zero-order valence-corrected chi connectivity index (χ0v) is 20.3. The minimum absolute atomic E-state index is 0.161. The number of carbonyl (C=O) groups is 1. The van der Waals surface area contributed by atoms with Gasteiger partial charge in [0.2, 0.25) is 0 Å². The lowest BCUT2D eigenvalue weighted by Crippen LogP contribution is -2.14. The number of carboxylic acid groups (broad SMARTS) is 1. The molecule has 2 atom stereocenters. The quantitative estimate of drug-likeness (QED) is 0.223. The fraction of sp³-hybridized carbons (Fsp3) is 0.194. The number of rotatable bonds is 11. The van der Waals surface area contributed by atoms with Crippen molar-refractivity contribution in [2.45, 2.75) is 24.7 Å². The molecule has 0 saturated heterocycles. The number of carboxylic acids is 1. The minimum Gasteiger partial charge on any atom is -0.493 e. The third-order valence-corrected chi connectivity index (χ3v) is 6.55. The van der Waals surface area contributed by atoms with Crippen LogP contribution in [0.15, 0.2) is 109 Å². The predicted molar refractivity (Wildman–Crippen MR) is 142 cm³/mol. The molecule has 178 valence electrons. The van der Waals surface area contributed by atoms with E-state index in [9.17, 15) is 9.90 Å². The molecule has 1 N–H and O–H groups in total. The molecule has 3 nitrogen and oxygen atoms in total. The first-order valence-corrected chi connectivity index (χ1v) is 12.4. The van der Waals surface area contributed by atoms with Crippen LogP contribution in [0.1, 0.15) is 50.9 Å². The number of halogens is 1. The van der Waals surface area contributed by atoms with E-state index in [-0.39, 0.29) is 11.8 Å². The van der Waals surface area contributed by atoms with Crippen molar-refractivity contribution in [1.82, 2.24) is 0 Å². The summed E-state index contributed by atoms with van der Waals surface area (Å²) in [7, 11) is 0. The average molecular weight is 485 g/mol. The molecule has 0 fully saturated rings. The summed E-state index contributed by atoms with van der Waals surface area (Å²) < 4.78 is 5.96. The molecule has 4 heteroatoms. The summed E-state index contributed by atoms with van der Waals surface area (Å²) in [5.41, 5.74) is 4.83. The molecule has 4 aromatic carbocycles. The Morgan fingerprint density at radius 1 is 0.743 bits per heavy atom. The second-order valence-corrected chi connectivity index (χ2v) is 8.89. The van der Waals surface area contributed by atoms with Gasteiger partial charge >= 0.3 is 5.97 Å². The van der Waals surface area contributed by atoms with Crippen LogP contribution in [0, 0.1) is 0 Å². The topological polar surface area (TPSA) is 46.5 Å². The van der Waals surface area contributed by atoms with Crippen LogP contribution < -0.4 is 4.74 Å².